The van der Waals surface area contributed by atoms with Gasteiger partial charge in [0.1, 0.15) is 0 Å². The van der Waals surface area contributed by atoms with Crippen LogP contribution in [0.3, 0.4) is 0 Å². The van der Waals surface area contributed by atoms with Crippen molar-refractivity contribution in [1.82, 2.24) is 19.9 Å². The van der Waals surface area contributed by atoms with Crippen LogP contribution in [-0.2, 0) is 11.3 Å². The maximum absolute atomic E-state index is 5.75. The minimum Gasteiger partial charge on any atom is -0.376 e. The Kier molecular flexibility index (Phi) is 4.28. The molecule has 3 heterocycles. The molecule has 0 amide bonds. The zero-order valence-electron chi connectivity index (χ0n) is 13.3. The molecule has 0 aromatic carbocycles. The first-order valence-corrected chi connectivity index (χ1v) is 7.89. The third-order valence-corrected chi connectivity index (χ3v) is 4.49. The first kappa shape index (κ1) is 14.9. The van der Waals surface area contributed by atoms with E-state index in [4.69, 9.17) is 9.26 Å². The third-order valence-electron chi connectivity index (χ3n) is 4.49. The van der Waals surface area contributed by atoms with E-state index in [0.29, 0.717) is 5.92 Å². The van der Waals surface area contributed by atoms with Gasteiger partial charge < -0.3 is 14.2 Å². The van der Waals surface area contributed by atoms with Gasteiger partial charge in [-0.25, -0.2) is 0 Å². The number of hydrogen-bond acceptors (Lipinski definition) is 6. The van der Waals surface area contributed by atoms with Crippen LogP contribution in [0.5, 0.6) is 0 Å². The number of aromatic nitrogens is 2. The summed E-state index contributed by atoms with van der Waals surface area (Å²) in [6, 6.07) is 0. The summed E-state index contributed by atoms with van der Waals surface area (Å²) in [5.41, 5.74) is -0.0883. The van der Waals surface area contributed by atoms with Gasteiger partial charge in [0.15, 0.2) is 5.82 Å². The summed E-state index contributed by atoms with van der Waals surface area (Å²) in [6.45, 7) is 10.2. The summed E-state index contributed by atoms with van der Waals surface area (Å²) in [5, 5.41) is 4.17. The van der Waals surface area contributed by atoms with Crippen molar-refractivity contribution in [2.24, 2.45) is 0 Å². The van der Waals surface area contributed by atoms with Crippen LogP contribution < -0.4 is 0 Å². The smallest absolute Gasteiger partial charge is 0.230 e. The van der Waals surface area contributed by atoms with Gasteiger partial charge in [-0.05, 0) is 33.7 Å². The maximum Gasteiger partial charge on any atom is 0.230 e. The molecule has 0 radical (unpaired) electrons. The quantitative estimate of drug-likeness (QED) is 0.842. The lowest BCUT2D eigenvalue weighted by molar-refractivity contribution is -0.0627. The minimum absolute atomic E-state index is 0.0883. The molecular weight excluding hydrogens is 268 g/mol. The summed E-state index contributed by atoms with van der Waals surface area (Å²) in [4.78, 5) is 9.36. The molecule has 0 spiro atoms. The van der Waals surface area contributed by atoms with E-state index in [2.05, 4.69) is 40.8 Å². The lowest BCUT2D eigenvalue weighted by Crippen LogP contribution is -2.44. The monoisotopic (exact) mass is 294 g/mol. The van der Waals surface area contributed by atoms with E-state index in [9.17, 15) is 0 Å². The highest BCUT2D eigenvalue weighted by atomic mass is 16.5. The first-order chi connectivity index (χ1) is 10.0. The van der Waals surface area contributed by atoms with Gasteiger partial charge in [0.25, 0.3) is 0 Å². The molecule has 6 heteroatoms. The van der Waals surface area contributed by atoms with E-state index in [0.717, 1.165) is 63.9 Å². The first-order valence-electron chi connectivity index (χ1n) is 7.89. The van der Waals surface area contributed by atoms with Crippen molar-refractivity contribution < 1.29 is 9.26 Å². The molecule has 1 aromatic heterocycles. The summed E-state index contributed by atoms with van der Waals surface area (Å²) in [6.07, 6.45) is 1.92. The summed E-state index contributed by atoms with van der Waals surface area (Å²) < 4.78 is 11.3. The second-order valence-electron chi connectivity index (χ2n) is 6.93. The van der Waals surface area contributed by atoms with E-state index >= 15 is 0 Å². The van der Waals surface area contributed by atoms with Gasteiger partial charge in [-0.3, -0.25) is 4.90 Å². The third kappa shape index (κ3) is 3.81. The molecule has 0 saturated carbocycles. The number of nitrogens with zero attached hydrogens (tertiary/aromatic N) is 4. The zero-order valence-corrected chi connectivity index (χ0v) is 13.3. The molecule has 2 saturated heterocycles. The normalized spacial score (nSPS) is 27.9. The second-order valence-corrected chi connectivity index (χ2v) is 6.93. The Morgan fingerprint density at radius 2 is 2.00 bits per heavy atom. The zero-order chi connectivity index (χ0) is 14.9. The Morgan fingerprint density at radius 3 is 2.71 bits per heavy atom. The highest BCUT2D eigenvalue weighted by Gasteiger charge is 2.33. The lowest BCUT2D eigenvalue weighted by Gasteiger charge is -2.33. The van der Waals surface area contributed by atoms with E-state index < -0.39 is 0 Å². The van der Waals surface area contributed by atoms with E-state index in [1.807, 2.05) is 0 Å². The molecule has 2 aliphatic rings. The standard InChI is InChI=1S/C15H26N4O2/c1-15(2)10-12(4-9-20-15)14-16-13(17-21-14)11-19-7-5-18(3)6-8-19/h12H,4-11H2,1-3H3/t12-/m1/s1. The molecule has 0 aliphatic carbocycles. The summed E-state index contributed by atoms with van der Waals surface area (Å²) >= 11 is 0. The van der Waals surface area contributed by atoms with Crippen LogP contribution in [0.2, 0.25) is 0 Å². The molecule has 1 aromatic rings. The Hall–Kier alpha value is -0.980. The average molecular weight is 294 g/mol. The Morgan fingerprint density at radius 1 is 1.24 bits per heavy atom. The predicted octanol–water partition coefficient (Wildman–Crippen LogP) is 1.49. The van der Waals surface area contributed by atoms with Gasteiger partial charge in [0.05, 0.1) is 12.1 Å². The molecule has 3 rings (SSSR count). The molecular formula is C15H26N4O2. The molecule has 21 heavy (non-hydrogen) atoms. The van der Waals surface area contributed by atoms with Gasteiger partial charge in [-0.2, -0.15) is 4.98 Å². The number of likely N-dealkylation sites (N-methyl/N-ethyl adjacent to an activating group) is 1. The van der Waals surface area contributed by atoms with Gasteiger partial charge in [0.2, 0.25) is 5.89 Å². The number of hydrogen-bond donors (Lipinski definition) is 0. The molecule has 0 unspecified atom stereocenters. The second kappa shape index (κ2) is 6.02. The Balaban J connectivity index is 1.58. The molecule has 0 N–H and O–H groups in total. The number of ether oxygens (including phenoxy) is 1. The molecule has 1 atom stereocenters. The minimum atomic E-state index is -0.0883. The van der Waals surface area contributed by atoms with Gasteiger partial charge >= 0.3 is 0 Å². The highest BCUT2D eigenvalue weighted by molar-refractivity contribution is 4.98. The lowest BCUT2D eigenvalue weighted by atomic mass is 9.88. The van der Waals surface area contributed by atoms with Gasteiger partial charge in [0, 0.05) is 38.7 Å². The van der Waals surface area contributed by atoms with E-state index in [-0.39, 0.29) is 5.60 Å². The molecule has 6 nitrogen and oxygen atoms in total. The van der Waals surface area contributed by atoms with Crippen molar-refractivity contribution in [3.05, 3.63) is 11.7 Å². The summed E-state index contributed by atoms with van der Waals surface area (Å²) in [7, 11) is 2.16. The van der Waals surface area contributed by atoms with Crippen molar-refractivity contribution in [1.29, 1.82) is 0 Å². The largest absolute Gasteiger partial charge is 0.376 e. The van der Waals surface area contributed by atoms with E-state index in [1.165, 1.54) is 0 Å². The number of rotatable bonds is 3. The SMILES string of the molecule is CN1CCN(Cc2noc([C@@H]3CCOC(C)(C)C3)n2)CC1. The fourth-order valence-electron chi connectivity index (χ4n) is 3.15. The summed E-state index contributed by atoms with van der Waals surface area (Å²) in [5.74, 6) is 1.94. The number of piperazine rings is 1. The molecule has 118 valence electrons. The van der Waals surface area contributed by atoms with Crippen LogP contribution in [0.25, 0.3) is 0 Å². The molecule has 0 bridgehead atoms. The van der Waals surface area contributed by atoms with Crippen LogP contribution in [0.1, 0.15) is 44.3 Å². The van der Waals surface area contributed by atoms with Crippen molar-refractivity contribution in [2.45, 2.75) is 44.8 Å². The Bertz CT molecular complexity index is 466. The van der Waals surface area contributed by atoms with E-state index in [1.54, 1.807) is 0 Å². The average Bonchev–Trinajstić information content (AvgIpc) is 2.89. The fourth-order valence-corrected chi connectivity index (χ4v) is 3.15. The van der Waals surface area contributed by atoms with Crippen molar-refractivity contribution in [3.63, 3.8) is 0 Å². The van der Waals surface area contributed by atoms with Crippen molar-refractivity contribution >= 4 is 0 Å². The molecule has 2 fully saturated rings. The van der Waals surface area contributed by atoms with Crippen LogP contribution in [0.15, 0.2) is 4.52 Å². The van der Waals surface area contributed by atoms with Crippen LogP contribution in [0, 0.1) is 0 Å². The van der Waals surface area contributed by atoms with Crippen LogP contribution in [0.4, 0.5) is 0 Å². The Labute approximate surface area is 126 Å². The van der Waals surface area contributed by atoms with Gasteiger partial charge in [-0.15, -0.1) is 0 Å². The predicted molar refractivity (Wildman–Crippen MR) is 79.1 cm³/mol. The topological polar surface area (TPSA) is 54.6 Å². The van der Waals surface area contributed by atoms with Crippen molar-refractivity contribution in [3.8, 4) is 0 Å². The molecule has 2 aliphatic heterocycles. The maximum atomic E-state index is 5.75. The van der Waals surface area contributed by atoms with Crippen LogP contribution in [-0.4, -0.2) is 65.4 Å². The fraction of sp³-hybridized carbons (Fsp3) is 0.867. The highest BCUT2D eigenvalue weighted by Crippen LogP contribution is 2.34. The van der Waals surface area contributed by atoms with Crippen LogP contribution >= 0.6 is 0 Å². The van der Waals surface area contributed by atoms with Crippen molar-refractivity contribution in [2.75, 3.05) is 39.8 Å². The van der Waals surface area contributed by atoms with Gasteiger partial charge in [-0.1, -0.05) is 5.16 Å².